The highest BCUT2D eigenvalue weighted by Gasteiger charge is 2.46. The molecule has 3 aliphatic rings. The maximum atomic E-state index is 13.0. The first-order chi connectivity index (χ1) is 27.1. The summed E-state index contributed by atoms with van der Waals surface area (Å²) >= 11 is 0. The molecule has 2 saturated heterocycles. The van der Waals surface area contributed by atoms with Crippen molar-refractivity contribution in [1.82, 2.24) is 24.0 Å². The number of carbonyl (C=O) groups excluding carboxylic acids is 1. The normalized spacial score (nSPS) is 17.0. The number of amides is 1. The number of hydrogen-bond donors (Lipinski definition) is 0. The molecule has 2 fully saturated rings. The summed E-state index contributed by atoms with van der Waals surface area (Å²) in [6, 6.07) is 17.3. The maximum Gasteiger partial charge on any atom is 0.410 e. The molecule has 4 aromatic rings. The predicted octanol–water partition coefficient (Wildman–Crippen LogP) is 7.89. The standard InChI is InChI=1S/C44H63N7O4Si/c1-32(2)56(33(3)4,34(5)6)51-20-17-38-40(51)15-14-35(7)41(38)50-19-16-37-39(30-50)45-43(54-27-11-18-47-25-28-53-29-26-47)46-42(37)48-21-23-49(24-22-48)44(52)55-31-36-12-9-8-10-13-36/h8-10,12-15,17,20,32-34H,11,16,18-19,21-31H2,1-7H3. The van der Waals surface area contributed by atoms with Gasteiger partial charge in [-0.25, -0.2) is 4.79 Å². The minimum Gasteiger partial charge on any atom is -0.463 e. The highest BCUT2D eigenvalue weighted by Crippen LogP contribution is 2.46. The Hall–Kier alpha value is -4.13. The van der Waals surface area contributed by atoms with E-state index in [9.17, 15) is 4.79 Å². The van der Waals surface area contributed by atoms with Crippen LogP contribution in [0.4, 0.5) is 16.3 Å². The lowest BCUT2D eigenvalue weighted by Gasteiger charge is -2.44. The zero-order chi connectivity index (χ0) is 39.4. The number of benzene rings is 2. The molecular formula is C44H63N7O4Si. The topological polar surface area (TPSA) is 88.4 Å². The lowest BCUT2D eigenvalue weighted by molar-refractivity contribution is 0.0356. The molecule has 56 heavy (non-hydrogen) atoms. The number of piperazine rings is 1. The Kier molecular flexibility index (Phi) is 12.6. The molecule has 7 rings (SSSR count). The third-order valence-electron chi connectivity index (χ3n) is 12.6. The second kappa shape index (κ2) is 17.6. The molecule has 2 aromatic heterocycles. The van der Waals surface area contributed by atoms with Gasteiger partial charge in [-0.3, -0.25) is 4.90 Å². The van der Waals surface area contributed by atoms with Gasteiger partial charge in [-0.05, 0) is 65.8 Å². The van der Waals surface area contributed by atoms with Gasteiger partial charge in [-0.15, -0.1) is 0 Å². The molecule has 2 aromatic carbocycles. The fourth-order valence-corrected chi connectivity index (χ4v) is 16.6. The lowest BCUT2D eigenvalue weighted by atomic mass is 10.0. The molecule has 1 amide bonds. The summed E-state index contributed by atoms with van der Waals surface area (Å²) in [6.45, 7) is 26.2. The quantitative estimate of drug-likeness (QED) is 0.0994. The van der Waals surface area contributed by atoms with Gasteiger partial charge in [0.1, 0.15) is 12.4 Å². The van der Waals surface area contributed by atoms with Crippen LogP contribution in [-0.2, 0) is 29.0 Å². The van der Waals surface area contributed by atoms with E-state index in [4.69, 9.17) is 24.2 Å². The Bertz CT molecular complexity index is 1910. The van der Waals surface area contributed by atoms with Crippen LogP contribution in [0.15, 0.2) is 54.7 Å². The monoisotopic (exact) mass is 781 g/mol. The van der Waals surface area contributed by atoms with Gasteiger partial charge >= 0.3 is 12.1 Å². The van der Waals surface area contributed by atoms with Crippen molar-refractivity contribution >= 4 is 36.7 Å². The van der Waals surface area contributed by atoms with Crippen molar-refractivity contribution in [2.45, 2.75) is 91.1 Å². The minimum atomic E-state index is -1.94. The molecule has 12 heteroatoms. The zero-order valence-corrected chi connectivity index (χ0v) is 35.8. The van der Waals surface area contributed by atoms with E-state index in [-0.39, 0.29) is 12.7 Å². The first-order valence-corrected chi connectivity index (χ1v) is 23.1. The Morgan fingerprint density at radius 2 is 1.55 bits per heavy atom. The summed E-state index contributed by atoms with van der Waals surface area (Å²) in [6.07, 6.45) is 3.86. The van der Waals surface area contributed by atoms with Gasteiger partial charge in [0.2, 0.25) is 0 Å². The van der Waals surface area contributed by atoms with E-state index in [1.165, 1.54) is 27.7 Å². The van der Waals surface area contributed by atoms with Crippen molar-refractivity contribution in [1.29, 1.82) is 0 Å². The van der Waals surface area contributed by atoms with Gasteiger partial charge in [0.25, 0.3) is 0 Å². The molecule has 0 saturated carbocycles. The van der Waals surface area contributed by atoms with Gasteiger partial charge in [0, 0.05) is 74.5 Å². The fourth-order valence-electron chi connectivity index (χ4n) is 10.00. The number of nitrogens with zero attached hydrogens (tertiary/aromatic N) is 7. The first-order valence-electron chi connectivity index (χ1n) is 21.0. The van der Waals surface area contributed by atoms with Crippen LogP contribution < -0.4 is 14.5 Å². The number of fused-ring (bicyclic) bond motifs is 2. The molecule has 302 valence electrons. The number of hydrogen-bond acceptors (Lipinski definition) is 9. The van der Waals surface area contributed by atoms with Crippen LogP contribution in [-0.4, -0.2) is 111 Å². The van der Waals surface area contributed by atoms with Crippen LogP contribution in [0.5, 0.6) is 6.01 Å². The van der Waals surface area contributed by atoms with Crippen LogP contribution in [0.3, 0.4) is 0 Å². The van der Waals surface area contributed by atoms with Crippen LogP contribution in [0, 0.1) is 6.92 Å². The largest absolute Gasteiger partial charge is 0.463 e. The van der Waals surface area contributed by atoms with Crippen molar-refractivity contribution in [3.63, 3.8) is 0 Å². The van der Waals surface area contributed by atoms with Gasteiger partial charge in [-0.1, -0.05) is 77.9 Å². The second-order valence-electron chi connectivity index (χ2n) is 16.8. The number of carbonyl (C=O) groups is 1. The summed E-state index contributed by atoms with van der Waals surface area (Å²) in [5.74, 6) is 0.942. The number of anilines is 2. The molecule has 0 N–H and O–H groups in total. The Labute approximate surface area is 335 Å². The molecule has 0 atom stereocenters. The van der Waals surface area contributed by atoms with Crippen molar-refractivity contribution in [3.8, 4) is 6.01 Å². The van der Waals surface area contributed by atoms with Crippen molar-refractivity contribution in [3.05, 3.63) is 77.1 Å². The molecule has 0 unspecified atom stereocenters. The van der Waals surface area contributed by atoms with Crippen LogP contribution in [0.25, 0.3) is 10.9 Å². The molecule has 5 heterocycles. The van der Waals surface area contributed by atoms with Gasteiger partial charge < -0.3 is 33.1 Å². The lowest BCUT2D eigenvalue weighted by Crippen LogP contribution is -2.51. The smallest absolute Gasteiger partial charge is 0.410 e. The van der Waals surface area contributed by atoms with E-state index in [1.54, 1.807) is 0 Å². The Morgan fingerprint density at radius 3 is 2.25 bits per heavy atom. The molecule has 11 nitrogen and oxygen atoms in total. The highest BCUT2D eigenvalue weighted by molar-refractivity contribution is 6.82. The van der Waals surface area contributed by atoms with E-state index in [2.05, 4.69) is 91.8 Å². The summed E-state index contributed by atoms with van der Waals surface area (Å²) in [5.41, 5.74) is 8.97. The molecule has 0 radical (unpaired) electrons. The van der Waals surface area contributed by atoms with Crippen LogP contribution >= 0.6 is 0 Å². The van der Waals surface area contributed by atoms with Crippen molar-refractivity contribution < 1.29 is 19.0 Å². The second-order valence-corrected chi connectivity index (χ2v) is 22.5. The summed E-state index contributed by atoms with van der Waals surface area (Å²) < 4.78 is 20.3. The highest BCUT2D eigenvalue weighted by atomic mass is 28.3. The average molecular weight is 782 g/mol. The summed E-state index contributed by atoms with van der Waals surface area (Å²) in [4.78, 5) is 32.3. The predicted molar refractivity (Wildman–Crippen MR) is 228 cm³/mol. The number of morpholine rings is 1. The average Bonchev–Trinajstić information content (AvgIpc) is 3.62. The number of rotatable bonds is 13. The summed E-state index contributed by atoms with van der Waals surface area (Å²) in [5, 5.41) is 1.33. The SMILES string of the molecule is Cc1ccc2c(ccn2[Si](C(C)C)(C(C)C)C(C)C)c1N1CCc2c(nc(OCCCN3CCOCC3)nc2N2CCN(C(=O)OCc3ccccc3)CC2)C1. The van der Waals surface area contributed by atoms with Crippen LogP contribution in [0.2, 0.25) is 16.6 Å². The van der Waals surface area contributed by atoms with E-state index in [0.717, 1.165) is 69.3 Å². The van der Waals surface area contributed by atoms with Gasteiger partial charge in [-0.2, -0.15) is 9.97 Å². The van der Waals surface area contributed by atoms with Crippen molar-refractivity contribution in [2.75, 3.05) is 82.0 Å². The van der Waals surface area contributed by atoms with E-state index < -0.39 is 8.24 Å². The molecule has 3 aliphatic heterocycles. The summed E-state index contributed by atoms with van der Waals surface area (Å²) in [7, 11) is -1.94. The van der Waals surface area contributed by atoms with E-state index >= 15 is 0 Å². The van der Waals surface area contributed by atoms with E-state index in [0.29, 0.717) is 62.0 Å². The number of aromatic nitrogens is 3. The third-order valence-corrected chi connectivity index (χ3v) is 19.3. The van der Waals surface area contributed by atoms with Crippen molar-refractivity contribution in [2.24, 2.45) is 0 Å². The third kappa shape index (κ3) is 8.15. The first kappa shape index (κ1) is 40.1. The number of aryl methyl sites for hydroxylation is 1. The molecule has 0 bridgehead atoms. The Balaban J connectivity index is 1.14. The van der Waals surface area contributed by atoms with Gasteiger partial charge in [0.05, 0.1) is 32.1 Å². The van der Waals surface area contributed by atoms with E-state index in [1.807, 2.05) is 35.2 Å². The number of ether oxygens (including phenoxy) is 3. The Morgan fingerprint density at radius 1 is 0.839 bits per heavy atom. The zero-order valence-electron chi connectivity index (χ0n) is 34.8. The molecule has 0 spiro atoms. The van der Waals surface area contributed by atoms with Crippen LogP contribution in [0.1, 0.15) is 70.3 Å². The van der Waals surface area contributed by atoms with Gasteiger partial charge in [0.15, 0.2) is 8.24 Å². The minimum absolute atomic E-state index is 0.272. The maximum absolute atomic E-state index is 13.0. The molecule has 0 aliphatic carbocycles. The molecular weight excluding hydrogens is 719 g/mol. The fraction of sp³-hybridized carbons (Fsp3) is 0.568.